The molecule has 28 heavy (non-hydrogen) atoms. The Morgan fingerprint density at radius 1 is 1.21 bits per heavy atom. The van der Waals surface area contributed by atoms with Gasteiger partial charge >= 0.3 is 0 Å². The summed E-state index contributed by atoms with van der Waals surface area (Å²) in [7, 11) is -0.548. The normalized spacial score (nSPS) is 16.8. The number of sulfonamides is 1. The molecule has 1 aromatic carbocycles. The van der Waals surface area contributed by atoms with Gasteiger partial charge in [0.25, 0.3) is 5.91 Å². The molecule has 0 spiro atoms. The molecule has 1 aliphatic heterocycles. The molecule has 0 bridgehead atoms. The largest absolute Gasteiger partial charge is 0.379 e. The fraction of sp³-hybridized carbons (Fsp3) is 0.421. The smallest absolute Gasteiger partial charge is 0.251 e. The van der Waals surface area contributed by atoms with Crippen LogP contribution in [0.15, 0.2) is 46.7 Å². The van der Waals surface area contributed by atoms with Gasteiger partial charge in [-0.25, -0.2) is 12.7 Å². The van der Waals surface area contributed by atoms with E-state index in [0.29, 0.717) is 25.3 Å². The molecule has 7 nitrogen and oxygen atoms in total. The lowest BCUT2D eigenvalue weighted by Gasteiger charge is -2.34. The quantitative estimate of drug-likeness (QED) is 0.735. The van der Waals surface area contributed by atoms with E-state index in [1.807, 2.05) is 11.4 Å². The SMILES string of the molecule is CN(C)S(=O)(=O)c1ccc(C(=O)NC[C@H](c2cccs2)N2CCOCC2)cc1. The standard InChI is InChI=1S/C19H25N3O4S2/c1-21(2)28(24,25)16-7-5-15(6-8-16)19(23)20-14-17(18-4-3-13-27-18)22-9-11-26-12-10-22/h3-8,13,17H,9-12,14H2,1-2H3,(H,20,23)/t17-/m1/s1. The van der Waals surface area contributed by atoms with Crippen molar-refractivity contribution >= 4 is 27.3 Å². The van der Waals surface area contributed by atoms with Crippen LogP contribution in [0.4, 0.5) is 0 Å². The Balaban J connectivity index is 1.67. The second-order valence-corrected chi connectivity index (χ2v) is 9.83. The minimum atomic E-state index is -3.50. The molecule has 3 rings (SSSR count). The minimum Gasteiger partial charge on any atom is -0.379 e. The van der Waals surface area contributed by atoms with Crippen LogP contribution in [-0.2, 0) is 14.8 Å². The van der Waals surface area contributed by atoms with Crippen LogP contribution < -0.4 is 5.32 Å². The highest BCUT2D eigenvalue weighted by molar-refractivity contribution is 7.89. The third-order valence-corrected chi connectivity index (χ3v) is 7.51. The number of carbonyl (C=O) groups excluding carboxylic acids is 1. The molecule has 152 valence electrons. The summed E-state index contributed by atoms with van der Waals surface area (Å²) < 4.78 is 30.9. The van der Waals surface area contributed by atoms with E-state index in [1.165, 1.54) is 31.1 Å². The predicted octanol–water partition coefficient (Wildman–Crippen LogP) is 1.80. The summed E-state index contributed by atoms with van der Waals surface area (Å²) in [6, 6.07) is 10.2. The second kappa shape index (κ2) is 9.15. The van der Waals surface area contributed by atoms with Crippen molar-refractivity contribution in [1.82, 2.24) is 14.5 Å². The van der Waals surface area contributed by atoms with E-state index in [-0.39, 0.29) is 16.8 Å². The first-order valence-electron chi connectivity index (χ1n) is 9.05. The van der Waals surface area contributed by atoms with Crippen LogP contribution in [0, 0.1) is 0 Å². The molecule has 0 saturated carbocycles. The summed E-state index contributed by atoms with van der Waals surface area (Å²) in [6.07, 6.45) is 0. The average molecular weight is 424 g/mol. The summed E-state index contributed by atoms with van der Waals surface area (Å²) >= 11 is 1.67. The van der Waals surface area contributed by atoms with E-state index < -0.39 is 10.0 Å². The predicted molar refractivity (Wildman–Crippen MR) is 109 cm³/mol. The van der Waals surface area contributed by atoms with Crippen LogP contribution in [0.5, 0.6) is 0 Å². The Morgan fingerprint density at radius 3 is 2.46 bits per heavy atom. The number of carbonyl (C=O) groups is 1. The third-order valence-electron chi connectivity index (χ3n) is 4.71. The fourth-order valence-electron chi connectivity index (χ4n) is 3.06. The van der Waals surface area contributed by atoms with Gasteiger partial charge in [-0.1, -0.05) is 6.07 Å². The lowest BCUT2D eigenvalue weighted by Crippen LogP contribution is -2.43. The number of hydrogen-bond acceptors (Lipinski definition) is 6. The third kappa shape index (κ3) is 4.79. The summed E-state index contributed by atoms with van der Waals surface area (Å²) in [6.45, 7) is 3.53. The van der Waals surface area contributed by atoms with Crippen molar-refractivity contribution in [1.29, 1.82) is 0 Å². The van der Waals surface area contributed by atoms with Gasteiger partial charge in [-0.15, -0.1) is 11.3 Å². The van der Waals surface area contributed by atoms with E-state index in [0.717, 1.165) is 17.4 Å². The van der Waals surface area contributed by atoms with Crippen molar-refractivity contribution in [2.45, 2.75) is 10.9 Å². The van der Waals surface area contributed by atoms with Crippen LogP contribution in [0.3, 0.4) is 0 Å². The maximum atomic E-state index is 12.6. The maximum absolute atomic E-state index is 12.6. The lowest BCUT2D eigenvalue weighted by atomic mass is 10.1. The number of benzene rings is 1. The van der Waals surface area contributed by atoms with Crippen LogP contribution in [0.1, 0.15) is 21.3 Å². The van der Waals surface area contributed by atoms with Gasteiger partial charge in [0.2, 0.25) is 10.0 Å². The number of ether oxygens (including phenoxy) is 1. The monoisotopic (exact) mass is 423 g/mol. The van der Waals surface area contributed by atoms with Crippen LogP contribution in [0.2, 0.25) is 0 Å². The molecule has 1 aromatic heterocycles. The first-order valence-corrected chi connectivity index (χ1v) is 11.4. The zero-order valence-electron chi connectivity index (χ0n) is 16.0. The number of thiophene rings is 1. The fourth-order valence-corrected chi connectivity index (χ4v) is 4.82. The summed E-state index contributed by atoms with van der Waals surface area (Å²) in [5.41, 5.74) is 0.435. The zero-order chi connectivity index (χ0) is 20.1. The van der Waals surface area contributed by atoms with Gasteiger partial charge in [-0.2, -0.15) is 0 Å². The number of nitrogens with zero attached hydrogens (tertiary/aromatic N) is 2. The van der Waals surface area contributed by atoms with E-state index >= 15 is 0 Å². The van der Waals surface area contributed by atoms with Gasteiger partial charge in [0.05, 0.1) is 24.2 Å². The molecule has 1 aliphatic rings. The number of hydrogen-bond donors (Lipinski definition) is 1. The first kappa shape index (κ1) is 20.9. The lowest BCUT2D eigenvalue weighted by molar-refractivity contribution is 0.0169. The summed E-state index contributed by atoms with van der Waals surface area (Å²) in [4.78, 5) is 16.3. The summed E-state index contributed by atoms with van der Waals surface area (Å²) in [5.74, 6) is -0.219. The van der Waals surface area contributed by atoms with E-state index in [9.17, 15) is 13.2 Å². The second-order valence-electron chi connectivity index (χ2n) is 6.70. The molecule has 0 radical (unpaired) electrons. The van der Waals surface area contributed by atoms with E-state index in [1.54, 1.807) is 23.5 Å². The van der Waals surface area contributed by atoms with Crippen molar-refractivity contribution < 1.29 is 17.9 Å². The van der Waals surface area contributed by atoms with Crippen molar-refractivity contribution in [3.8, 4) is 0 Å². The molecular weight excluding hydrogens is 398 g/mol. The Hall–Kier alpha value is -1.78. The van der Waals surface area contributed by atoms with Gasteiger partial charge in [0, 0.05) is 44.2 Å². The highest BCUT2D eigenvalue weighted by Gasteiger charge is 2.24. The van der Waals surface area contributed by atoms with E-state index in [2.05, 4.69) is 16.3 Å². The van der Waals surface area contributed by atoms with Gasteiger partial charge in [0.15, 0.2) is 0 Å². The molecule has 1 N–H and O–H groups in total. The molecule has 9 heteroatoms. The van der Waals surface area contributed by atoms with Crippen molar-refractivity contribution in [3.05, 3.63) is 52.2 Å². The number of morpholine rings is 1. The van der Waals surface area contributed by atoms with Crippen molar-refractivity contribution in [2.75, 3.05) is 46.9 Å². The number of nitrogens with one attached hydrogen (secondary N) is 1. The Kier molecular flexibility index (Phi) is 6.84. The summed E-state index contributed by atoms with van der Waals surface area (Å²) in [5, 5.41) is 5.03. The first-order chi connectivity index (χ1) is 13.4. The van der Waals surface area contributed by atoms with Gasteiger partial charge in [-0.05, 0) is 35.7 Å². The average Bonchev–Trinajstić information content (AvgIpc) is 3.23. The van der Waals surface area contributed by atoms with Crippen LogP contribution in [-0.4, -0.2) is 70.5 Å². The highest BCUT2D eigenvalue weighted by atomic mass is 32.2. The topological polar surface area (TPSA) is 79.0 Å². The highest BCUT2D eigenvalue weighted by Crippen LogP contribution is 2.25. The van der Waals surface area contributed by atoms with Gasteiger partial charge < -0.3 is 10.1 Å². The van der Waals surface area contributed by atoms with E-state index in [4.69, 9.17) is 4.74 Å². The number of amides is 1. The molecule has 1 saturated heterocycles. The zero-order valence-corrected chi connectivity index (χ0v) is 17.6. The van der Waals surface area contributed by atoms with Crippen molar-refractivity contribution in [3.63, 3.8) is 0 Å². The van der Waals surface area contributed by atoms with Crippen LogP contribution >= 0.6 is 11.3 Å². The van der Waals surface area contributed by atoms with Gasteiger partial charge in [-0.3, -0.25) is 9.69 Å². The molecule has 2 aromatic rings. The van der Waals surface area contributed by atoms with Crippen molar-refractivity contribution in [2.24, 2.45) is 0 Å². The minimum absolute atomic E-state index is 0.0984. The molecule has 1 atom stereocenters. The van der Waals surface area contributed by atoms with Crippen LogP contribution in [0.25, 0.3) is 0 Å². The maximum Gasteiger partial charge on any atom is 0.251 e. The molecule has 0 unspecified atom stereocenters. The molecule has 1 amide bonds. The molecular formula is C19H25N3O4S2. The number of rotatable bonds is 7. The molecule has 0 aliphatic carbocycles. The Labute approximate surface area is 170 Å². The molecule has 1 fully saturated rings. The van der Waals surface area contributed by atoms with Gasteiger partial charge in [0.1, 0.15) is 0 Å². The Bertz CT molecular complexity index is 874. The molecule has 2 heterocycles. The Morgan fingerprint density at radius 2 is 1.89 bits per heavy atom.